The second-order valence-electron chi connectivity index (χ2n) is 13.6. The van der Waals surface area contributed by atoms with Gasteiger partial charge in [0.2, 0.25) is 17.7 Å². The highest BCUT2D eigenvalue weighted by molar-refractivity contribution is 7.81. The Morgan fingerprint density at radius 3 is 2.35 bits per heavy atom. The van der Waals surface area contributed by atoms with E-state index < -0.39 is 35.1 Å². The number of hydrogen-bond donors (Lipinski definition) is 4. The summed E-state index contributed by atoms with van der Waals surface area (Å²) in [4.78, 5) is 67.5. The number of ketones is 1. The summed E-state index contributed by atoms with van der Waals surface area (Å²) < 4.78 is 12.1. The molecule has 2 aromatic heterocycles. The van der Waals surface area contributed by atoms with Crippen molar-refractivity contribution < 1.29 is 33.4 Å². The Bertz CT molecular complexity index is 2110. The molecule has 2 aliphatic heterocycles. The minimum Gasteiger partial charge on any atom is -0.489 e. The first-order chi connectivity index (χ1) is 26.0. The zero-order chi connectivity index (χ0) is 38.1. The van der Waals surface area contributed by atoms with Gasteiger partial charge in [-0.1, -0.05) is 19.1 Å². The molecular weight excluding hydrogens is 729 g/mol. The molecule has 4 amide bonds. The maximum Gasteiger partial charge on any atom is 0.262 e. The third-order valence-electron chi connectivity index (χ3n) is 10.2. The lowest BCUT2D eigenvalue weighted by Crippen LogP contribution is -2.54. The van der Waals surface area contributed by atoms with E-state index in [2.05, 4.69) is 27.8 Å². The van der Waals surface area contributed by atoms with E-state index in [-0.39, 0.29) is 58.7 Å². The summed E-state index contributed by atoms with van der Waals surface area (Å²) in [7, 11) is 0. The first-order valence-electron chi connectivity index (χ1n) is 17.7. The van der Waals surface area contributed by atoms with E-state index >= 15 is 0 Å². The molecular formula is C39H38N6O7S2. The van der Waals surface area contributed by atoms with Crippen molar-refractivity contribution in [3.8, 4) is 17.4 Å². The molecule has 4 aromatic rings. The highest BCUT2D eigenvalue weighted by atomic mass is 32.1. The number of piperidine rings is 1. The van der Waals surface area contributed by atoms with Crippen LogP contribution in [-0.4, -0.2) is 78.7 Å². The molecule has 7 rings (SSSR count). The molecule has 2 N–H and O–H groups in total. The Hall–Kier alpha value is -5.28. The summed E-state index contributed by atoms with van der Waals surface area (Å²) in [6.07, 6.45) is 4.04. The molecule has 4 heterocycles. The Labute approximate surface area is 322 Å². The normalized spacial score (nSPS) is 21.0. The SMILES string of the molecule is CCC(S)C(CS)(c1ccc(Oc2ccc(C(C)=O)nn2)cc1)c1ccc(OC2CC(Nc3ccc4c(c3)C(=O)N(C3CCC(=O)NC3=O)C4=O)C2)cn1. The minimum absolute atomic E-state index is 0.0467. The van der Waals surface area contributed by atoms with Crippen LogP contribution >= 0.6 is 25.3 Å². The van der Waals surface area contributed by atoms with Crippen LogP contribution in [0.15, 0.2) is 72.9 Å². The predicted octanol–water partition coefficient (Wildman–Crippen LogP) is 5.21. The largest absolute Gasteiger partial charge is 0.489 e. The molecule has 15 heteroatoms. The van der Waals surface area contributed by atoms with Crippen LogP contribution in [0.2, 0.25) is 0 Å². The number of carbonyl (C=O) groups is 5. The molecule has 1 saturated heterocycles. The summed E-state index contributed by atoms with van der Waals surface area (Å²) in [5.41, 5.74) is 2.58. The predicted molar refractivity (Wildman–Crippen MR) is 205 cm³/mol. The topological polar surface area (TPSA) is 170 Å². The Morgan fingerprint density at radius 2 is 1.72 bits per heavy atom. The Morgan fingerprint density at radius 1 is 0.981 bits per heavy atom. The number of ether oxygens (including phenoxy) is 2. The maximum absolute atomic E-state index is 13.2. The first kappa shape index (κ1) is 37.1. The molecule has 0 bridgehead atoms. The standard InChI is InChI=1S/C39H38N6O7S2/c1-3-33(54)39(20-53,22-4-7-25(8-5-22)52-35-15-11-30(21(2)46)43-44-35)32-13-9-26(19-40-32)51-27-16-24(17-27)41-23-6-10-28-29(18-23)38(50)45(37(28)49)31-12-14-34(47)42-36(31)48/h4-11,13,15,18-19,24,27,31,33,41,53-54H,3,12,14,16-17,20H2,1-2H3,(H,42,47,48). The average molecular weight is 767 g/mol. The quantitative estimate of drug-likeness (QED) is 0.0801. The molecule has 0 spiro atoms. The summed E-state index contributed by atoms with van der Waals surface area (Å²) in [6.45, 7) is 3.50. The zero-order valence-corrected chi connectivity index (χ0v) is 31.3. The number of Topliss-reactive ketones (excluding diaryl/α,β-unsaturated/α-hetero) is 1. The van der Waals surface area contributed by atoms with Crippen molar-refractivity contribution in [3.63, 3.8) is 0 Å². The number of hydrogen-bond acceptors (Lipinski definition) is 13. The molecule has 3 unspecified atom stereocenters. The van der Waals surface area contributed by atoms with E-state index in [4.69, 9.17) is 39.7 Å². The number of nitrogens with one attached hydrogen (secondary N) is 2. The third-order valence-corrected chi connectivity index (χ3v) is 11.5. The van der Waals surface area contributed by atoms with Gasteiger partial charge < -0.3 is 14.8 Å². The number of fused-ring (bicyclic) bond motifs is 1. The molecule has 54 heavy (non-hydrogen) atoms. The van der Waals surface area contributed by atoms with Crippen LogP contribution in [0.3, 0.4) is 0 Å². The molecule has 3 aliphatic rings. The van der Waals surface area contributed by atoms with Crippen molar-refractivity contribution in [2.24, 2.45) is 0 Å². The summed E-state index contributed by atoms with van der Waals surface area (Å²) in [5.74, 6) is -0.376. The lowest BCUT2D eigenvalue weighted by atomic mass is 9.75. The Kier molecular flexibility index (Phi) is 10.4. The van der Waals surface area contributed by atoms with Gasteiger partial charge in [0.15, 0.2) is 5.78 Å². The van der Waals surface area contributed by atoms with Crippen molar-refractivity contribution in [1.82, 2.24) is 25.4 Å². The molecule has 3 atom stereocenters. The van der Waals surface area contributed by atoms with Crippen LogP contribution in [0.25, 0.3) is 0 Å². The van der Waals surface area contributed by atoms with Crippen LogP contribution in [0.1, 0.15) is 88.4 Å². The number of nitrogens with zero attached hydrogens (tertiary/aromatic N) is 4. The fourth-order valence-electron chi connectivity index (χ4n) is 7.12. The third kappa shape index (κ3) is 7.05. The Balaban J connectivity index is 0.969. The van der Waals surface area contributed by atoms with Gasteiger partial charge in [0.25, 0.3) is 11.8 Å². The number of amides is 4. The fraction of sp³-hybridized carbons (Fsp3) is 0.333. The van der Waals surface area contributed by atoms with E-state index in [9.17, 15) is 24.0 Å². The number of rotatable bonds is 13. The molecule has 0 radical (unpaired) electrons. The zero-order valence-electron chi connectivity index (χ0n) is 29.5. The molecule has 2 aromatic carbocycles. The second-order valence-corrected chi connectivity index (χ2v) is 14.6. The van der Waals surface area contributed by atoms with Gasteiger partial charge in [0.05, 0.1) is 28.4 Å². The van der Waals surface area contributed by atoms with Gasteiger partial charge in [-0.2, -0.15) is 25.3 Å². The number of benzene rings is 2. The number of anilines is 1. The minimum atomic E-state index is -1.01. The van der Waals surface area contributed by atoms with Crippen LogP contribution in [0.4, 0.5) is 5.69 Å². The molecule has 1 aliphatic carbocycles. The van der Waals surface area contributed by atoms with E-state index in [1.807, 2.05) is 36.4 Å². The monoisotopic (exact) mass is 766 g/mol. The van der Waals surface area contributed by atoms with Gasteiger partial charge in [0.1, 0.15) is 29.3 Å². The number of pyridine rings is 1. The van der Waals surface area contributed by atoms with Gasteiger partial charge in [-0.25, -0.2) is 0 Å². The highest BCUT2D eigenvalue weighted by Crippen LogP contribution is 2.41. The second kappa shape index (κ2) is 15.2. The van der Waals surface area contributed by atoms with Gasteiger partial charge in [-0.3, -0.25) is 39.2 Å². The molecule has 13 nitrogen and oxygen atoms in total. The van der Waals surface area contributed by atoms with Crippen LogP contribution in [-0.2, 0) is 15.0 Å². The maximum atomic E-state index is 13.2. The van der Waals surface area contributed by atoms with E-state index in [1.54, 1.807) is 36.5 Å². The van der Waals surface area contributed by atoms with E-state index in [0.717, 1.165) is 22.6 Å². The van der Waals surface area contributed by atoms with Gasteiger partial charge in [-0.15, -0.1) is 10.2 Å². The summed E-state index contributed by atoms with van der Waals surface area (Å²) in [6, 6.07) is 18.7. The van der Waals surface area contributed by atoms with Gasteiger partial charge >= 0.3 is 0 Å². The van der Waals surface area contributed by atoms with Crippen molar-refractivity contribution in [1.29, 1.82) is 0 Å². The summed E-state index contributed by atoms with van der Waals surface area (Å²) >= 11 is 9.80. The van der Waals surface area contributed by atoms with Crippen molar-refractivity contribution >= 4 is 60.4 Å². The van der Waals surface area contributed by atoms with Crippen molar-refractivity contribution in [3.05, 3.63) is 101 Å². The average Bonchev–Trinajstić information content (AvgIpc) is 3.40. The fourth-order valence-corrected chi connectivity index (χ4v) is 8.20. The number of aromatic nitrogens is 3. The molecule has 2 fully saturated rings. The number of imide groups is 2. The number of carbonyl (C=O) groups excluding carboxylic acids is 5. The van der Waals surface area contributed by atoms with Gasteiger partial charge in [-0.05, 0) is 66.9 Å². The van der Waals surface area contributed by atoms with Crippen LogP contribution < -0.4 is 20.1 Å². The first-order valence-corrected chi connectivity index (χ1v) is 18.8. The van der Waals surface area contributed by atoms with Gasteiger partial charge in [0, 0.05) is 55.0 Å². The highest BCUT2D eigenvalue weighted by Gasteiger charge is 2.45. The van der Waals surface area contributed by atoms with Crippen molar-refractivity contribution in [2.45, 2.75) is 74.8 Å². The van der Waals surface area contributed by atoms with Crippen LogP contribution in [0.5, 0.6) is 17.4 Å². The lowest BCUT2D eigenvalue weighted by molar-refractivity contribution is -0.136. The smallest absolute Gasteiger partial charge is 0.262 e. The van der Waals surface area contributed by atoms with Crippen molar-refractivity contribution in [2.75, 3.05) is 11.1 Å². The number of thiol groups is 2. The summed E-state index contributed by atoms with van der Waals surface area (Å²) in [5, 5.41) is 13.4. The van der Waals surface area contributed by atoms with E-state index in [0.29, 0.717) is 35.8 Å². The molecule has 278 valence electrons. The molecule has 1 saturated carbocycles. The van der Waals surface area contributed by atoms with Crippen LogP contribution in [0, 0.1) is 0 Å². The van der Waals surface area contributed by atoms with E-state index in [1.165, 1.54) is 6.92 Å². The lowest BCUT2D eigenvalue weighted by Gasteiger charge is -2.38.